The van der Waals surface area contributed by atoms with Crippen LogP contribution in [0.15, 0.2) is 24.5 Å². The number of nitrogens with zero attached hydrogens (tertiary/aromatic N) is 4. The first-order valence-corrected chi connectivity index (χ1v) is 8.71. The van der Waals surface area contributed by atoms with E-state index in [9.17, 15) is 14.4 Å². The van der Waals surface area contributed by atoms with Gasteiger partial charge in [-0.05, 0) is 31.9 Å². The summed E-state index contributed by atoms with van der Waals surface area (Å²) in [7, 11) is 1.77. The summed E-state index contributed by atoms with van der Waals surface area (Å²) in [4.78, 5) is 46.5. The second-order valence-electron chi connectivity index (χ2n) is 6.90. The van der Waals surface area contributed by atoms with Gasteiger partial charge in [0.1, 0.15) is 0 Å². The molecule has 2 atom stereocenters. The number of likely N-dealkylation sites (N-methyl/N-ethyl adjacent to an activating group) is 1. The molecule has 3 amide bonds. The zero-order chi connectivity index (χ0) is 18.0. The van der Waals surface area contributed by atoms with Crippen molar-refractivity contribution in [2.24, 2.45) is 5.92 Å². The predicted octanol–water partition coefficient (Wildman–Crippen LogP) is 0.623. The number of pyridine rings is 1. The second kappa shape index (κ2) is 7.21. The standard InChI is InChI=1S/C18H24N4O3/c1-13-10-22(12-16(23)20(13)2)18(25)15-4-3-9-21(11-15)17(24)14-5-7-19-8-6-14/h5-8,13,15H,3-4,9-12H2,1-2H3/t13-,15+/m0/s1. The number of amides is 3. The smallest absolute Gasteiger partial charge is 0.253 e. The molecule has 3 rings (SSSR count). The van der Waals surface area contributed by atoms with Gasteiger partial charge >= 0.3 is 0 Å². The van der Waals surface area contributed by atoms with Crippen LogP contribution in [0.4, 0.5) is 0 Å². The summed E-state index contributed by atoms with van der Waals surface area (Å²) in [5, 5.41) is 0. The van der Waals surface area contributed by atoms with Crippen LogP contribution in [0, 0.1) is 5.92 Å². The number of aromatic nitrogens is 1. The van der Waals surface area contributed by atoms with Crippen LogP contribution in [-0.2, 0) is 9.59 Å². The average molecular weight is 344 g/mol. The second-order valence-corrected chi connectivity index (χ2v) is 6.90. The van der Waals surface area contributed by atoms with Gasteiger partial charge in [0.15, 0.2) is 0 Å². The molecule has 0 bridgehead atoms. The van der Waals surface area contributed by atoms with E-state index in [-0.39, 0.29) is 36.2 Å². The van der Waals surface area contributed by atoms with Crippen LogP contribution in [0.25, 0.3) is 0 Å². The molecule has 2 fully saturated rings. The van der Waals surface area contributed by atoms with Gasteiger partial charge in [0.2, 0.25) is 11.8 Å². The molecule has 2 aliphatic rings. The van der Waals surface area contributed by atoms with Crippen molar-refractivity contribution >= 4 is 17.7 Å². The Morgan fingerprint density at radius 1 is 1.16 bits per heavy atom. The minimum Gasteiger partial charge on any atom is -0.340 e. The number of hydrogen-bond donors (Lipinski definition) is 0. The number of piperidine rings is 1. The Morgan fingerprint density at radius 2 is 1.88 bits per heavy atom. The fourth-order valence-corrected chi connectivity index (χ4v) is 3.49. The van der Waals surface area contributed by atoms with Crippen LogP contribution < -0.4 is 0 Å². The first-order valence-electron chi connectivity index (χ1n) is 8.71. The molecule has 2 saturated heterocycles. The molecular weight excluding hydrogens is 320 g/mol. The molecule has 25 heavy (non-hydrogen) atoms. The number of rotatable bonds is 2. The van der Waals surface area contributed by atoms with Gasteiger partial charge in [-0.3, -0.25) is 19.4 Å². The molecule has 0 aromatic carbocycles. The van der Waals surface area contributed by atoms with Crippen LogP contribution in [0.2, 0.25) is 0 Å². The van der Waals surface area contributed by atoms with Gasteiger partial charge in [0.25, 0.3) is 5.91 Å². The van der Waals surface area contributed by atoms with Gasteiger partial charge in [-0.2, -0.15) is 0 Å². The quantitative estimate of drug-likeness (QED) is 0.788. The lowest BCUT2D eigenvalue weighted by Crippen LogP contribution is -2.57. The summed E-state index contributed by atoms with van der Waals surface area (Å²) in [5.74, 6) is -0.348. The van der Waals surface area contributed by atoms with Gasteiger partial charge in [0, 0.05) is 50.7 Å². The third kappa shape index (κ3) is 3.65. The summed E-state index contributed by atoms with van der Waals surface area (Å²) < 4.78 is 0. The SMILES string of the molecule is C[C@H]1CN(C(=O)[C@@H]2CCCN(C(=O)c3ccncc3)C2)CC(=O)N1C. The highest BCUT2D eigenvalue weighted by atomic mass is 16.2. The molecule has 3 heterocycles. The Bertz CT molecular complexity index is 664. The zero-order valence-electron chi connectivity index (χ0n) is 14.7. The molecular formula is C18H24N4O3. The van der Waals surface area contributed by atoms with Gasteiger partial charge in [-0.1, -0.05) is 0 Å². The Balaban J connectivity index is 1.66. The number of carbonyl (C=O) groups is 3. The van der Waals surface area contributed by atoms with E-state index in [4.69, 9.17) is 0 Å². The summed E-state index contributed by atoms with van der Waals surface area (Å²) >= 11 is 0. The fraction of sp³-hybridized carbons (Fsp3) is 0.556. The van der Waals surface area contributed by atoms with Crippen molar-refractivity contribution in [3.63, 3.8) is 0 Å². The number of piperazine rings is 1. The van der Waals surface area contributed by atoms with Gasteiger partial charge in [-0.15, -0.1) is 0 Å². The fourth-order valence-electron chi connectivity index (χ4n) is 3.49. The third-order valence-corrected chi connectivity index (χ3v) is 5.16. The van der Waals surface area contributed by atoms with Crippen molar-refractivity contribution in [1.29, 1.82) is 0 Å². The lowest BCUT2D eigenvalue weighted by Gasteiger charge is -2.40. The van der Waals surface area contributed by atoms with E-state index in [2.05, 4.69) is 4.98 Å². The molecule has 7 heteroatoms. The first-order chi connectivity index (χ1) is 12.0. The van der Waals surface area contributed by atoms with E-state index in [0.29, 0.717) is 25.2 Å². The van der Waals surface area contributed by atoms with Crippen molar-refractivity contribution < 1.29 is 14.4 Å². The third-order valence-electron chi connectivity index (χ3n) is 5.16. The number of carbonyl (C=O) groups excluding carboxylic acids is 3. The topological polar surface area (TPSA) is 73.8 Å². The van der Waals surface area contributed by atoms with Crippen LogP contribution in [0.3, 0.4) is 0 Å². The monoisotopic (exact) mass is 344 g/mol. The van der Waals surface area contributed by atoms with Crippen molar-refractivity contribution in [2.75, 3.05) is 33.2 Å². The molecule has 0 aliphatic carbocycles. The highest BCUT2D eigenvalue weighted by molar-refractivity contribution is 5.94. The van der Waals surface area contributed by atoms with Crippen LogP contribution in [0.1, 0.15) is 30.1 Å². The lowest BCUT2D eigenvalue weighted by atomic mass is 9.95. The molecule has 0 N–H and O–H groups in total. The van der Waals surface area contributed by atoms with Crippen molar-refractivity contribution in [1.82, 2.24) is 19.7 Å². The minimum absolute atomic E-state index is 0.0134. The Labute approximate surface area is 147 Å². The van der Waals surface area contributed by atoms with Crippen molar-refractivity contribution in [3.05, 3.63) is 30.1 Å². The summed E-state index contributed by atoms with van der Waals surface area (Å²) in [6, 6.07) is 3.40. The van der Waals surface area contributed by atoms with Crippen LogP contribution in [-0.4, -0.2) is 76.7 Å². The molecule has 0 spiro atoms. The maximum absolute atomic E-state index is 12.9. The lowest BCUT2D eigenvalue weighted by molar-refractivity contribution is -0.149. The van der Waals surface area contributed by atoms with E-state index in [1.54, 1.807) is 46.3 Å². The molecule has 0 unspecified atom stereocenters. The molecule has 134 valence electrons. The Hall–Kier alpha value is -2.44. The summed E-state index contributed by atoms with van der Waals surface area (Å²) in [6.07, 6.45) is 4.74. The highest BCUT2D eigenvalue weighted by Crippen LogP contribution is 2.22. The van der Waals surface area contributed by atoms with E-state index < -0.39 is 0 Å². The molecule has 1 aromatic heterocycles. The van der Waals surface area contributed by atoms with E-state index in [1.165, 1.54) is 0 Å². The first kappa shape index (κ1) is 17.4. The maximum Gasteiger partial charge on any atom is 0.253 e. The molecule has 0 saturated carbocycles. The van der Waals surface area contributed by atoms with E-state index >= 15 is 0 Å². The molecule has 0 radical (unpaired) electrons. The summed E-state index contributed by atoms with van der Waals surface area (Å²) in [6.45, 7) is 3.69. The minimum atomic E-state index is -0.233. The molecule has 2 aliphatic heterocycles. The maximum atomic E-state index is 12.9. The average Bonchev–Trinajstić information content (AvgIpc) is 2.65. The van der Waals surface area contributed by atoms with Crippen molar-refractivity contribution in [3.8, 4) is 0 Å². The van der Waals surface area contributed by atoms with Gasteiger partial charge in [-0.25, -0.2) is 0 Å². The number of hydrogen-bond acceptors (Lipinski definition) is 4. The predicted molar refractivity (Wildman–Crippen MR) is 91.7 cm³/mol. The normalized spacial score (nSPS) is 24.4. The number of likely N-dealkylation sites (tertiary alicyclic amines) is 1. The largest absolute Gasteiger partial charge is 0.340 e. The van der Waals surface area contributed by atoms with Crippen LogP contribution >= 0.6 is 0 Å². The Morgan fingerprint density at radius 3 is 2.56 bits per heavy atom. The van der Waals surface area contributed by atoms with Gasteiger partial charge < -0.3 is 14.7 Å². The molecule has 7 nitrogen and oxygen atoms in total. The van der Waals surface area contributed by atoms with Crippen LogP contribution in [0.5, 0.6) is 0 Å². The Kier molecular flexibility index (Phi) is 5.01. The van der Waals surface area contributed by atoms with Gasteiger partial charge in [0.05, 0.1) is 12.5 Å². The van der Waals surface area contributed by atoms with E-state index in [0.717, 1.165) is 12.8 Å². The zero-order valence-corrected chi connectivity index (χ0v) is 14.7. The van der Waals surface area contributed by atoms with E-state index in [1.807, 2.05) is 6.92 Å². The van der Waals surface area contributed by atoms with Crippen molar-refractivity contribution in [2.45, 2.75) is 25.8 Å². The highest BCUT2D eigenvalue weighted by Gasteiger charge is 2.36. The molecule has 1 aromatic rings. The summed E-state index contributed by atoms with van der Waals surface area (Å²) in [5.41, 5.74) is 0.589.